The van der Waals surface area contributed by atoms with E-state index in [-0.39, 0.29) is 17.2 Å². The van der Waals surface area contributed by atoms with Crippen LogP contribution in [0.1, 0.15) is 49.4 Å². The number of hydrogen-bond acceptors (Lipinski definition) is 4. The van der Waals surface area contributed by atoms with Crippen LogP contribution in [0.2, 0.25) is 10.0 Å². The second-order valence-electron chi connectivity index (χ2n) is 7.94. The minimum Gasteiger partial charge on any atom is -0.350 e. The Morgan fingerprint density at radius 1 is 1.14 bits per heavy atom. The molecule has 3 rings (SSSR count). The van der Waals surface area contributed by atoms with Gasteiger partial charge in [-0.1, -0.05) is 43.0 Å². The molecule has 0 radical (unpaired) electrons. The van der Waals surface area contributed by atoms with Crippen molar-refractivity contribution in [3.8, 4) is 0 Å². The molecule has 1 aliphatic heterocycles. The molecular weight excluding hydrogens is 433 g/mol. The molecule has 0 atom stereocenters. The van der Waals surface area contributed by atoms with Crippen molar-refractivity contribution in [1.82, 2.24) is 14.5 Å². The summed E-state index contributed by atoms with van der Waals surface area (Å²) >= 11 is 12.1. The summed E-state index contributed by atoms with van der Waals surface area (Å²) < 4.78 is 26.3. The van der Waals surface area contributed by atoms with Gasteiger partial charge in [0.25, 0.3) is 5.91 Å². The summed E-state index contributed by atoms with van der Waals surface area (Å²) in [4.78, 5) is 15.0. The monoisotopic (exact) mass is 461 g/mol. The van der Waals surface area contributed by atoms with Gasteiger partial charge in [-0.15, -0.1) is 0 Å². The van der Waals surface area contributed by atoms with Crippen molar-refractivity contribution in [2.45, 2.75) is 44.6 Å². The number of hydrogen-bond donors (Lipinski definition) is 1. The normalized spacial score (nSPS) is 20.7. The summed E-state index contributed by atoms with van der Waals surface area (Å²) in [6.07, 6.45) is 4.87. The van der Waals surface area contributed by atoms with Crippen molar-refractivity contribution in [2.24, 2.45) is 0 Å². The first-order valence-corrected chi connectivity index (χ1v) is 12.6. The van der Waals surface area contributed by atoms with Crippen molar-refractivity contribution >= 4 is 39.1 Å². The Morgan fingerprint density at radius 2 is 1.79 bits per heavy atom. The number of halogens is 2. The molecule has 29 heavy (non-hydrogen) atoms. The van der Waals surface area contributed by atoms with Crippen molar-refractivity contribution in [2.75, 3.05) is 38.5 Å². The standard InChI is InChI=1S/C20H29Cl2N3O3S/c1-2-13-29(27,28)25-11-9-24(10-12-25)20(7-3-4-8-20)15-23-19(26)17-6-5-16(21)14-18(17)22/h5-6,14H,2-4,7-13,15H2,1H3,(H,23,26). The van der Waals surface area contributed by atoms with E-state index in [4.69, 9.17) is 23.2 Å². The topological polar surface area (TPSA) is 69.7 Å². The molecule has 2 fully saturated rings. The number of amides is 1. The molecule has 0 aromatic heterocycles. The molecule has 1 saturated carbocycles. The highest BCUT2D eigenvalue weighted by Crippen LogP contribution is 2.36. The highest BCUT2D eigenvalue weighted by Gasteiger charge is 2.42. The number of piperazine rings is 1. The van der Waals surface area contributed by atoms with E-state index in [1.54, 1.807) is 22.5 Å². The molecule has 0 bridgehead atoms. The average molecular weight is 462 g/mol. The zero-order valence-electron chi connectivity index (χ0n) is 16.8. The smallest absolute Gasteiger partial charge is 0.252 e. The Morgan fingerprint density at radius 3 is 2.38 bits per heavy atom. The summed E-state index contributed by atoms with van der Waals surface area (Å²) in [5.74, 6) is -0.00197. The van der Waals surface area contributed by atoms with Gasteiger partial charge in [0.2, 0.25) is 10.0 Å². The number of rotatable bonds is 7. The predicted molar refractivity (Wildman–Crippen MR) is 117 cm³/mol. The third-order valence-corrected chi connectivity index (χ3v) is 8.68. The largest absolute Gasteiger partial charge is 0.350 e. The van der Waals surface area contributed by atoms with E-state index in [1.807, 2.05) is 6.92 Å². The van der Waals surface area contributed by atoms with Crippen molar-refractivity contribution in [3.05, 3.63) is 33.8 Å². The van der Waals surface area contributed by atoms with Crippen LogP contribution < -0.4 is 5.32 Å². The van der Waals surface area contributed by atoms with Crippen LogP contribution in [0.25, 0.3) is 0 Å². The number of nitrogens with one attached hydrogen (secondary N) is 1. The number of carbonyl (C=O) groups excluding carboxylic acids is 1. The Bertz CT molecular complexity index is 833. The fourth-order valence-corrected chi connectivity index (χ4v) is 6.47. The molecule has 1 N–H and O–H groups in total. The SMILES string of the molecule is CCCS(=O)(=O)N1CCN(C2(CNC(=O)c3ccc(Cl)cc3Cl)CCCC2)CC1. The molecule has 1 heterocycles. The van der Waals surface area contributed by atoms with Gasteiger partial charge < -0.3 is 5.32 Å². The van der Waals surface area contributed by atoms with E-state index in [1.165, 1.54) is 0 Å². The van der Waals surface area contributed by atoms with E-state index >= 15 is 0 Å². The zero-order chi connectivity index (χ0) is 21.1. The molecule has 9 heteroatoms. The van der Waals surface area contributed by atoms with Gasteiger partial charge >= 0.3 is 0 Å². The molecule has 162 valence electrons. The summed E-state index contributed by atoms with van der Waals surface area (Å²) in [5.41, 5.74) is 0.300. The van der Waals surface area contributed by atoms with Crippen LogP contribution in [-0.4, -0.2) is 67.5 Å². The van der Waals surface area contributed by atoms with Crippen LogP contribution in [0, 0.1) is 0 Å². The van der Waals surface area contributed by atoms with Gasteiger partial charge in [-0.25, -0.2) is 8.42 Å². The zero-order valence-corrected chi connectivity index (χ0v) is 19.1. The highest BCUT2D eigenvalue weighted by atomic mass is 35.5. The molecule has 1 aromatic rings. The van der Waals surface area contributed by atoms with Gasteiger partial charge in [-0.3, -0.25) is 9.69 Å². The van der Waals surface area contributed by atoms with Crippen LogP contribution in [0.4, 0.5) is 0 Å². The van der Waals surface area contributed by atoms with Gasteiger partial charge in [-0.05, 0) is 37.5 Å². The van der Waals surface area contributed by atoms with E-state index in [0.29, 0.717) is 54.8 Å². The number of sulfonamides is 1. The van der Waals surface area contributed by atoms with E-state index in [0.717, 1.165) is 25.7 Å². The summed E-state index contributed by atoms with van der Waals surface area (Å²) in [7, 11) is -3.16. The van der Waals surface area contributed by atoms with Crippen molar-refractivity contribution < 1.29 is 13.2 Å². The van der Waals surface area contributed by atoms with Crippen molar-refractivity contribution in [1.29, 1.82) is 0 Å². The Labute approximate surface area is 183 Å². The van der Waals surface area contributed by atoms with Crippen LogP contribution in [0.15, 0.2) is 18.2 Å². The summed E-state index contributed by atoms with van der Waals surface area (Å²) in [6, 6.07) is 4.86. The van der Waals surface area contributed by atoms with Crippen molar-refractivity contribution in [3.63, 3.8) is 0 Å². The molecule has 1 amide bonds. The second-order valence-corrected chi connectivity index (χ2v) is 10.9. The molecule has 1 saturated heterocycles. The van der Waals surface area contributed by atoms with Gasteiger partial charge in [0.15, 0.2) is 0 Å². The van der Waals surface area contributed by atoms with E-state index < -0.39 is 10.0 Å². The lowest BCUT2D eigenvalue weighted by Crippen LogP contribution is -2.60. The molecule has 1 aromatic carbocycles. The molecule has 0 unspecified atom stereocenters. The lowest BCUT2D eigenvalue weighted by Gasteiger charge is -2.45. The molecule has 1 aliphatic carbocycles. The fourth-order valence-electron chi connectivity index (χ4n) is 4.48. The molecular formula is C20H29Cl2N3O3S. The minimum atomic E-state index is -3.16. The summed E-state index contributed by atoms with van der Waals surface area (Å²) in [5, 5.41) is 3.89. The second kappa shape index (κ2) is 9.52. The Hall–Kier alpha value is -0.860. The van der Waals surface area contributed by atoms with E-state index in [2.05, 4.69) is 10.2 Å². The van der Waals surface area contributed by atoms with Gasteiger partial charge in [0.1, 0.15) is 0 Å². The lowest BCUT2D eigenvalue weighted by molar-refractivity contribution is 0.0540. The highest BCUT2D eigenvalue weighted by molar-refractivity contribution is 7.89. The third-order valence-electron chi connectivity index (χ3n) is 6.05. The van der Waals surface area contributed by atoms with Gasteiger partial charge in [-0.2, -0.15) is 4.31 Å². The maximum absolute atomic E-state index is 12.7. The number of benzene rings is 1. The number of nitrogens with zero attached hydrogens (tertiary/aromatic N) is 2. The maximum atomic E-state index is 12.7. The van der Waals surface area contributed by atoms with Crippen LogP contribution in [-0.2, 0) is 10.0 Å². The quantitative estimate of drug-likeness (QED) is 0.675. The average Bonchev–Trinajstić information content (AvgIpc) is 3.16. The predicted octanol–water partition coefficient (Wildman–Crippen LogP) is 3.39. The Balaban J connectivity index is 1.64. The van der Waals surface area contributed by atoms with Crippen LogP contribution in [0.5, 0.6) is 0 Å². The van der Waals surface area contributed by atoms with Crippen LogP contribution >= 0.6 is 23.2 Å². The van der Waals surface area contributed by atoms with Gasteiger partial charge in [0.05, 0.1) is 16.3 Å². The van der Waals surface area contributed by atoms with Gasteiger partial charge in [0, 0.05) is 43.3 Å². The molecule has 6 nitrogen and oxygen atoms in total. The summed E-state index contributed by atoms with van der Waals surface area (Å²) in [6.45, 7) is 4.84. The number of carbonyl (C=O) groups is 1. The Kier molecular flexibility index (Phi) is 7.49. The fraction of sp³-hybridized carbons (Fsp3) is 0.650. The molecule has 2 aliphatic rings. The van der Waals surface area contributed by atoms with Crippen LogP contribution in [0.3, 0.4) is 0 Å². The third kappa shape index (κ3) is 5.25. The first-order chi connectivity index (χ1) is 13.8. The maximum Gasteiger partial charge on any atom is 0.252 e. The van der Waals surface area contributed by atoms with E-state index in [9.17, 15) is 13.2 Å². The minimum absolute atomic E-state index is 0.116. The lowest BCUT2D eigenvalue weighted by atomic mass is 9.93. The molecule has 0 spiro atoms. The first-order valence-electron chi connectivity index (χ1n) is 10.2. The first kappa shape index (κ1) is 22.8.